The number of nitrogens with one attached hydrogen (secondary N) is 1. The number of rotatable bonds is 6. The zero-order valence-corrected chi connectivity index (χ0v) is 14.8. The summed E-state index contributed by atoms with van der Waals surface area (Å²) in [5, 5.41) is 12.8. The van der Waals surface area contributed by atoms with Gasteiger partial charge < -0.3 is 24.8 Å². The minimum absolute atomic E-state index is 0.0246. The number of carbonyl (C=O) groups excluding carboxylic acids is 1. The third-order valence-electron chi connectivity index (χ3n) is 5.02. The minimum Gasteiger partial charge on any atom is -0.394 e. The van der Waals surface area contributed by atoms with Gasteiger partial charge in [0.2, 0.25) is 5.91 Å². The third kappa shape index (κ3) is 4.39. The molecule has 6 heteroatoms. The molecule has 1 amide bonds. The summed E-state index contributed by atoms with van der Waals surface area (Å²) in [7, 11) is 1.78. The zero-order chi connectivity index (χ0) is 17.6. The molecule has 0 radical (unpaired) electrons. The Morgan fingerprint density at radius 3 is 2.84 bits per heavy atom. The molecule has 3 rings (SSSR count). The van der Waals surface area contributed by atoms with Crippen molar-refractivity contribution in [2.24, 2.45) is 0 Å². The van der Waals surface area contributed by atoms with Gasteiger partial charge in [0.25, 0.3) is 0 Å². The van der Waals surface area contributed by atoms with E-state index in [-0.39, 0.29) is 30.9 Å². The average Bonchev–Trinajstić information content (AvgIpc) is 3.07. The molecule has 138 valence electrons. The molecule has 2 N–H and O–H groups in total. The lowest BCUT2D eigenvalue weighted by Gasteiger charge is -2.28. The van der Waals surface area contributed by atoms with Crippen LogP contribution in [0.4, 0.5) is 0 Å². The van der Waals surface area contributed by atoms with Gasteiger partial charge in [-0.15, -0.1) is 0 Å². The fourth-order valence-corrected chi connectivity index (χ4v) is 3.69. The predicted molar refractivity (Wildman–Crippen MR) is 93.9 cm³/mol. The summed E-state index contributed by atoms with van der Waals surface area (Å²) in [6.07, 6.45) is 3.47. The van der Waals surface area contributed by atoms with Gasteiger partial charge in [0, 0.05) is 13.2 Å². The molecule has 6 nitrogen and oxygen atoms in total. The van der Waals surface area contributed by atoms with Crippen molar-refractivity contribution >= 4 is 5.91 Å². The first-order valence-electron chi connectivity index (χ1n) is 9.13. The fraction of sp³-hybridized carbons (Fsp3) is 0.632. The van der Waals surface area contributed by atoms with Gasteiger partial charge >= 0.3 is 0 Å². The number of ether oxygens (including phenoxy) is 2. The molecule has 25 heavy (non-hydrogen) atoms. The number of aliphatic hydroxyl groups excluding tert-OH is 1. The van der Waals surface area contributed by atoms with Gasteiger partial charge in [-0.3, -0.25) is 4.79 Å². The Kier molecular flexibility index (Phi) is 6.42. The highest BCUT2D eigenvalue weighted by molar-refractivity contribution is 5.84. The van der Waals surface area contributed by atoms with Gasteiger partial charge in [-0.2, -0.15) is 0 Å². The van der Waals surface area contributed by atoms with Crippen molar-refractivity contribution in [3.05, 3.63) is 35.9 Å². The van der Waals surface area contributed by atoms with Crippen LogP contribution in [-0.4, -0.2) is 61.2 Å². The van der Waals surface area contributed by atoms with Gasteiger partial charge in [-0.05, 0) is 38.3 Å². The Bertz CT molecular complexity index is 548. The topological polar surface area (TPSA) is 71.0 Å². The van der Waals surface area contributed by atoms with Crippen LogP contribution in [0.3, 0.4) is 0 Å². The maximum Gasteiger partial charge on any atom is 0.244 e. The molecular formula is C19H28N2O4. The zero-order valence-electron chi connectivity index (χ0n) is 14.8. The molecule has 2 aliphatic heterocycles. The molecule has 0 saturated carbocycles. The molecule has 1 unspecified atom stereocenters. The SMILES string of the molecule is CN[C@H](C(=O)N1C[C@H](OC2CCCCO2)C[C@H]1CO)c1ccccc1. The molecule has 2 saturated heterocycles. The molecule has 2 aliphatic rings. The van der Waals surface area contributed by atoms with E-state index in [4.69, 9.17) is 9.47 Å². The van der Waals surface area contributed by atoms with E-state index in [2.05, 4.69) is 5.32 Å². The number of hydrogen-bond donors (Lipinski definition) is 2. The minimum atomic E-state index is -0.417. The first-order valence-corrected chi connectivity index (χ1v) is 9.13. The van der Waals surface area contributed by atoms with Gasteiger partial charge in [0.1, 0.15) is 6.04 Å². The lowest BCUT2D eigenvalue weighted by atomic mass is 10.1. The van der Waals surface area contributed by atoms with Crippen LogP contribution in [0.25, 0.3) is 0 Å². The van der Waals surface area contributed by atoms with Crippen molar-refractivity contribution in [1.82, 2.24) is 10.2 Å². The monoisotopic (exact) mass is 348 g/mol. The van der Waals surface area contributed by atoms with Crippen molar-refractivity contribution in [3.63, 3.8) is 0 Å². The van der Waals surface area contributed by atoms with Gasteiger partial charge in [-0.25, -0.2) is 0 Å². The van der Waals surface area contributed by atoms with Crippen LogP contribution in [0.1, 0.15) is 37.3 Å². The molecule has 1 aromatic rings. The summed E-state index contributed by atoms with van der Waals surface area (Å²) in [5.41, 5.74) is 0.923. The maximum atomic E-state index is 13.0. The molecule has 0 bridgehead atoms. The van der Waals surface area contributed by atoms with E-state index in [0.29, 0.717) is 13.0 Å². The summed E-state index contributed by atoms with van der Waals surface area (Å²) >= 11 is 0. The van der Waals surface area contributed by atoms with E-state index in [1.807, 2.05) is 30.3 Å². The van der Waals surface area contributed by atoms with Crippen molar-refractivity contribution in [2.45, 2.75) is 50.2 Å². The first-order chi connectivity index (χ1) is 12.2. The smallest absolute Gasteiger partial charge is 0.244 e. The highest BCUT2D eigenvalue weighted by Crippen LogP contribution is 2.27. The maximum absolute atomic E-state index is 13.0. The fourth-order valence-electron chi connectivity index (χ4n) is 3.69. The van der Waals surface area contributed by atoms with Gasteiger partial charge in [0.15, 0.2) is 6.29 Å². The molecular weight excluding hydrogens is 320 g/mol. The highest BCUT2D eigenvalue weighted by Gasteiger charge is 2.39. The van der Waals surface area contributed by atoms with Crippen molar-refractivity contribution in [3.8, 4) is 0 Å². The van der Waals surface area contributed by atoms with E-state index in [9.17, 15) is 9.90 Å². The molecule has 0 spiro atoms. The number of likely N-dealkylation sites (N-methyl/N-ethyl adjacent to an activating group) is 1. The summed E-state index contributed by atoms with van der Waals surface area (Å²) in [6, 6.07) is 9.03. The van der Waals surface area contributed by atoms with Crippen LogP contribution in [0.15, 0.2) is 30.3 Å². The molecule has 0 aromatic heterocycles. The molecule has 1 aromatic carbocycles. The standard InChI is InChI=1S/C19H28N2O4/c1-20-18(14-7-3-2-4-8-14)19(23)21-12-16(11-15(21)13-22)25-17-9-5-6-10-24-17/h2-4,7-8,15-18,20,22H,5-6,9-13H2,1H3/t15-,16+,17?,18-/m0/s1. The van der Waals surface area contributed by atoms with Gasteiger partial charge in [0.05, 0.1) is 18.8 Å². The normalized spacial score (nSPS) is 28.1. The van der Waals surface area contributed by atoms with E-state index in [1.54, 1.807) is 11.9 Å². The van der Waals surface area contributed by atoms with Gasteiger partial charge in [-0.1, -0.05) is 30.3 Å². The number of aliphatic hydroxyl groups is 1. The van der Waals surface area contributed by atoms with Crippen molar-refractivity contribution < 1.29 is 19.4 Å². The summed E-state index contributed by atoms with van der Waals surface area (Å²) in [5.74, 6) is -0.0246. The Morgan fingerprint density at radius 2 is 2.20 bits per heavy atom. The average molecular weight is 348 g/mol. The molecule has 4 atom stereocenters. The Hall–Kier alpha value is -1.47. The van der Waals surface area contributed by atoms with Crippen LogP contribution in [0, 0.1) is 0 Å². The van der Waals surface area contributed by atoms with Crippen LogP contribution in [0.5, 0.6) is 0 Å². The second-order valence-electron chi connectivity index (χ2n) is 6.75. The summed E-state index contributed by atoms with van der Waals surface area (Å²) in [6.45, 7) is 1.18. The first kappa shape index (κ1) is 18.3. The number of hydrogen-bond acceptors (Lipinski definition) is 5. The Labute approximate surface area is 149 Å². The van der Waals surface area contributed by atoms with Crippen molar-refractivity contribution in [2.75, 3.05) is 26.8 Å². The number of nitrogens with zero attached hydrogens (tertiary/aromatic N) is 1. The summed E-state index contributed by atoms with van der Waals surface area (Å²) < 4.78 is 11.7. The van der Waals surface area contributed by atoms with Crippen LogP contribution >= 0.6 is 0 Å². The Morgan fingerprint density at radius 1 is 1.40 bits per heavy atom. The van der Waals surface area contributed by atoms with E-state index < -0.39 is 6.04 Å². The van der Waals surface area contributed by atoms with Crippen molar-refractivity contribution in [1.29, 1.82) is 0 Å². The van der Waals surface area contributed by atoms with Crippen LogP contribution in [-0.2, 0) is 14.3 Å². The predicted octanol–water partition coefficient (Wildman–Crippen LogP) is 1.45. The molecule has 0 aliphatic carbocycles. The number of carbonyl (C=O) groups is 1. The lowest BCUT2D eigenvalue weighted by Crippen LogP contribution is -2.44. The lowest BCUT2D eigenvalue weighted by molar-refractivity contribution is -0.185. The number of likely N-dealkylation sites (tertiary alicyclic amines) is 1. The quantitative estimate of drug-likeness (QED) is 0.814. The third-order valence-corrected chi connectivity index (χ3v) is 5.02. The second kappa shape index (κ2) is 8.76. The van der Waals surface area contributed by atoms with E-state index in [0.717, 1.165) is 31.4 Å². The molecule has 2 fully saturated rings. The van der Waals surface area contributed by atoms with Crippen LogP contribution in [0.2, 0.25) is 0 Å². The highest BCUT2D eigenvalue weighted by atomic mass is 16.7. The largest absolute Gasteiger partial charge is 0.394 e. The summed E-state index contributed by atoms with van der Waals surface area (Å²) in [4.78, 5) is 14.8. The van der Waals surface area contributed by atoms with E-state index in [1.165, 1.54) is 0 Å². The number of benzene rings is 1. The number of amides is 1. The van der Waals surface area contributed by atoms with E-state index >= 15 is 0 Å². The molecule has 2 heterocycles. The second-order valence-corrected chi connectivity index (χ2v) is 6.75. The Balaban J connectivity index is 1.66. The van der Waals surface area contributed by atoms with Crippen LogP contribution < -0.4 is 5.32 Å².